The van der Waals surface area contributed by atoms with Gasteiger partial charge in [-0.05, 0) is 17.5 Å². The van der Waals surface area contributed by atoms with Crippen LogP contribution < -0.4 is 4.90 Å². The minimum Gasteiger partial charge on any atom is -0.302 e. The van der Waals surface area contributed by atoms with Crippen molar-refractivity contribution in [2.75, 3.05) is 4.90 Å². The second-order valence-corrected chi connectivity index (χ2v) is 5.27. The molecule has 0 aliphatic carbocycles. The van der Waals surface area contributed by atoms with E-state index in [1.54, 1.807) is 16.8 Å². The molecule has 0 spiro atoms. The summed E-state index contributed by atoms with van der Waals surface area (Å²) in [5.41, 5.74) is 4.52. The Kier molecular flexibility index (Phi) is 2.19. The Hall–Kier alpha value is -2.20. The second-order valence-electron chi connectivity index (χ2n) is 4.55. The molecule has 0 saturated carbocycles. The first-order valence-corrected chi connectivity index (χ1v) is 6.99. The highest BCUT2D eigenvalue weighted by atomic mass is 32.1. The number of rotatable bonds is 2. The molecule has 92 valence electrons. The lowest BCUT2D eigenvalue weighted by molar-refractivity contribution is 0.0991. The number of hydrogen-bond donors (Lipinski definition) is 0. The Balaban J connectivity index is 1.89. The average Bonchev–Trinajstić information content (AvgIpc) is 3.04. The molecule has 0 atom stereocenters. The number of anilines is 1. The first kappa shape index (κ1) is 10.7. The van der Waals surface area contributed by atoms with Crippen molar-refractivity contribution in [3.63, 3.8) is 0 Å². The second kappa shape index (κ2) is 3.90. The molecule has 1 aromatic heterocycles. The van der Waals surface area contributed by atoms with Gasteiger partial charge in [0.25, 0.3) is 5.91 Å². The molecule has 3 aromatic rings. The Bertz CT molecular complexity index is 775. The number of benzene rings is 2. The molecular formula is C15H10N2OS. The molecule has 0 saturated heterocycles. The van der Waals surface area contributed by atoms with E-state index in [9.17, 15) is 4.79 Å². The first-order chi connectivity index (χ1) is 9.34. The third kappa shape index (κ3) is 1.50. The number of aromatic nitrogens is 1. The van der Waals surface area contributed by atoms with Gasteiger partial charge in [0.2, 0.25) is 0 Å². The van der Waals surface area contributed by atoms with E-state index in [0.29, 0.717) is 6.54 Å². The van der Waals surface area contributed by atoms with E-state index in [0.717, 1.165) is 27.7 Å². The molecular weight excluding hydrogens is 256 g/mol. The fourth-order valence-corrected chi connectivity index (χ4v) is 3.16. The van der Waals surface area contributed by atoms with Crippen LogP contribution in [0.3, 0.4) is 0 Å². The summed E-state index contributed by atoms with van der Waals surface area (Å²) in [7, 11) is 0. The largest absolute Gasteiger partial charge is 0.302 e. The number of carbonyl (C=O) groups excluding carboxylic acids is 1. The molecule has 19 heavy (non-hydrogen) atoms. The molecule has 4 heteroatoms. The van der Waals surface area contributed by atoms with Gasteiger partial charge in [-0.2, -0.15) is 0 Å². The van der Waals surface area contributed by atoms with E-state index in [4.69, 9.17) is 0 Å². The third-order valence-corrected chi connectivity index (χ3v) is 4.09. The van der Waals surface area contributed by atoms with Gasteiger partial charge in [0.05, 0.1) is 23.4 Å². The number of carbonyl (C=O) groups is 1. The number of nitrogens with zero attached hydrogens (tertiary/aromatic N) is 2. The molecule has 4 rings (SSSR count). The van der Waals surface area contributed by atoms with E-state index in [1.807, 2.05) is 46.7 Å². The minimum atomic E-state index is 0.0693. The van der Waals surface area contributed by atoms with Crippen molar-refractivity contribution in [1.82, 2.24) is 4.98 Å². The van der Waals surface area contributed by atoms with Gasteiger partial charge in [0.15, 0.2) is 0 Å². The smallest absolute Gasteiger partial charge is 0.259 e. The summed E-state index contributed by atoms with van der Waals surface area (Å²) in [5, 5.41) is 4.16. The van der Waals surface area contributed by atoms with Gasteiger partial charge in [-0.25, -0.2) is 4.98 Å². The first-order valence-electron chi connectivity index (χ1n) is 6.05. The molecule has 3 nitrogen and oxygen atoms in total. The molecule has 0 fully saturated rings. The van der Waals surface area contributed by atoms with Crippen molar-refractivity contribution >= 4 is 33.7 Å². The van der Waals surface area contributed by atoms with E-state index >= 15 is 0 Å². The lowest BCUT2D eigenvalue weighted by Crippen LogP contribution is -2.26. The van der Waals surface area contributed by atoms with Crippen molar-refractivity contribution in [2.45, 2.75) is 6.54 Å². The van der Waals surface area contributed by atoms with Crippen LogP contribution >= 0.6 is 11.3 Å². The highest BCUT2D eigenvalue weighted by molar-refractivity contribution is 7.07. The molecule has 2 heterocycles. The average molecular weight is 266 g/mol. The lowest BCUT2D eigenvalue weighted by Gasteiger charge is -2.16. The molecule has 1 amide bonds. The molecule has 1 aliphatic heterocycles. The van der Waals surface area contributed by atoms with Crippen molar-refractivity contribution in [3.8, 4) is 0 Å². The highest BCUT2D eigenvalue weighted by Gasteiger charge is 2.29. The van der Waals surface area contributed by atoms with Gasteiger partial charge >= 0.3 is 0 Å². The zero-order chi connectivity index (χ0) is 12.8. The minimum absolute atomic E-state index is 0.0693. The van der Waals surface area contributed by atoms with Crippen LogP contribution in [0.1, 0.15) is 16.1 Å². The zero-order valence-corrected chi connectivity index (χ0v) is 10.9. The number of hydrogen-bond acceptors (Lipinski definition) is 3. The monoisotopic (exact) mass is 266 g/mol. The van der Waals surface area contributed by atoms with Crippen LogP contribution in [0.4, 0.5) is 5.69 Å². The predicted octanol–water partition coefficient (Wildman–Crippen LogP) is 3.46. The van der Waals surface area contributed by atoms with Crippen LogP contribution in [0.15, 0.2) is 47.3 Å². The maximum absolute atomic E-state index is 12.5. The van der Waals surface area contributed by atoms with Gasteiger partial charge in [-0.1, -0.05) is 24.3 Å². The molecule has 0 bridgehead atoms. The summed E-state index contributed by atoms with van der Waals surface area (Å²) < 4.78 is 0. The Labute approximate surface area is 114 Å². The van der Waals surface area contributed by atoms with Crippen LogP contribution in [-0.2, 0) is 6.54 Å². The predicted molar refractivity (Wildman–Crippen MR) is 76.6 cm³/mol. The topological polar surface area (TPSA) is 33.2 Å². The van der Waals surface area contributed by atoms with Crippen LogP contribution in [0.25, 0.3) is 10.8 Å². The highest BCUT2D eigenvalue weighted by Crippen LogP contribution is 2.37. The van der Waals surface area contributed by atoms with Crippen LogP contribution in [0, 0.1) is 0 Å². The number of thiazole rings is 1. The van der Waals surface area contributed by atoms with Crippen molar-refractivity contribution in [3.05, 3.63) is 58.5 Å². The van der Waals surface area contributed by atoms with Gasteiger partial charge in [-0.3, -0.25) is 4.79 Å². The van der Waals surface area contributed by atoms with Crippen molar-refractivity contribution in [2.24, 2.45) is 0 Å². The summed E-state index contributed by atoms with van der Waals surface area (Å²) in [6.07, 6.45) is 0. The van der Waals surface area contributed by atoms with E-state index in [-0.39, 0.29) is 5.91 Å². The van der Waals surface area contributed by atoms with E-state index in [1.165, 1.54) is 0 Å². The van der Waals surface area contributed by atoms with Gasteiger partial charge in [-0.15, -0.1) is 11.3 Å². The summed E-state index contributed by atoms with van der Waals surface area (Å²) in [4.78, 5) is 18.6. The fourth-order valence-electron chi connectivity index (χ4n) is 2.61. The molecule has 0 unspecified atom stereocenters. The zero-order valence-electron chi connectivity index (χ0n) is 10.0. The Morgan fingerprint density at radius 1 is 1.16 bits per heavy atom. The van der Waals surface area contributed by atoms with Gasteiger partial charge in [0, 0.05) is 16.3 Å². The third-order valence-electron chi connectivity index (χ3n) is 3.45. The summed E-state index contributed by atoms with van der Waals surface area (Å²) in [6.45, 7) is 0.538. The molecule has 0 N–H and O–H groups in total. The SMILES string of the molecule is O=C1c2cccc3cccc(c23)N1Cc1cscn1. The van der Waals surface area contributed by atoms with Crippen LogP contribution in [0.5, 0.6) is 0 Å². The van der Waals surface area contributed by atoms with Crippen molar-refractivity contribution in [1.29, 1.82) is 0 Å². The Morgan fingerprint density at radius 2 is 2.00 bits per heavy atom. The van der Waals surface area contributed by atoms with E-state index in [2.05, 4.69) is 4.98 Å². The standard InChI is InChI=1S/C15H10N2OS/c18-15-12-5-1-3-10-4-2-6-13(14(10)12)17(15)7-11-8-19-9-16-11/h1-6,8-9H,7H2. The van der Waals surface area contributed by atoms with Crippen LogP contribution in [0.2, 0.25) is 0 Å². The molecule has 2 aromatic carbocycles. The normalized spacial score (nSPS) is 13.5. The molecule has 0 radical (unpaired) electrons. The number of amides is 1. The Morgan fingerprint density at radius 3 is 2.79 bits per heavy atom. The maximum atomic E-state index is 12.5. The quantitative estimate of drug-likeness (QED) is 0.711. The summed E-state index contributed by atoms with van der Waals surface area (Å²) in [5.74, 6) is 0.0693. The molecule has 1 aliphatic rings. The van der Waals surface area contributed by atoms with Gasteiger partial charge in [0.1, 0.15) is 0 Å². The fraction of sp³-hybridized carbons (Fsp3) is 0.0667. The summed E-state index contributed by atoms with van der Waals surface area (Å²) in [6, 6.07) is 11.9. The maximum Gasteiger partial charge on any atom is 0.259 e. The van der Waals surface area contributed by atoms with Crippen LogP contribution in [-0.4, -0.2) is 10.9 Å². The van der Waals surface area contributed by atoms with E-state index < -0.39 is 0 Å². The van der Waals surface area contributed by atoms with Gasteiger partial charge < -0.3 is 4.90 Å². The summed E-state index contributed by atoms with van der Waals surface area (Å²) >= 11 is 1.55. The lowest BCUT2D eigenvalue weighted by atomic mass is 10.1. The van der Waals surface area contributed by atoms with Crippen molar-refractivity contribution < 1.29 is 4.79 Å².